The van der Waals surface area contributed by atoms with Crippen LogP contribution in [0, 0.1) is 19.8 Å². The first kappa shape index (κ1) is 17.4. The van der Waals surface area contributed by atoms with Gasteiger partial charge in [-0.3, -0.25) is 9.59 Å². The minimum Gasteiger partial charge on any atom is -0.469 e. The summed E-state index contributed by atoms with van der Waals surface area (Å²) in [6.45, 7) is 8.78. The molecule has 0 aliphatic rings. The maximum Gasteiger partial charge on any atom is 0.307 e. The molecule has 1 aromatic rings. The average molecular weight is 291 g/mol. The summed E-state index contributed by atoms with van der Waals surface area (Å²) < 4.78 is 4.69. The highest BCUT2D eigenvalue weighted by Crippen LogP contribution is 2.13. The molecule has 1 atom stereocenters. The fourth-order valence-electron chi connectivity index (χ4n) is 1.98. The molecule has 1 unspecified atom stereocenters. The molecule has 0 heterocycles. The SMILES string of the molecule is COC(=O)CC(NCC(C)C)C(=O)c1ccc(C)c(C)c1. The molecule has 1 N–H and O–H groups in total. The predicted octanol–water partition coefficient (Wildman–Crippen LogP) is 2.66. The number of benzene rings is 1. The van der Waals surface area contributed by atoms with Crippen molar-refractivity contribution in [2.24, 2.45) is 5.92 Å². The highest BCUT2D eigenvalue weighted by molar-refractivity contribution is 6.02. The summed E-state index contributed by atoms with van der Waals surface area (Å²) in [5.41, 5.74) is 2.84. The highest BCUT2D eigenvalue weighted by Gasteiger charge is 2.23. The first-order valence-electron chi connectivity index (χ1n) is 7.26. The van der Waals surface area contributed by atoms with Crippen molar-refractivity contribution >= 4 is 11.8 Å². The molecule has 0 saturated heterocycles. The lowest BCUT2D eigenvalue weighted by atomic mass is 9.97. The molecule has 0 aromatic heterocycles. The molecule has 0 amide bonds. The molecule has 21 heavy (non-hydrogen) atoms. The van der Waals surface area contributed by atoms with E-state index in [0.29, 0.717) is 18.0 Å². The first-order chi connectivity index (χ1) is 9.85. The van der Waals surface area contributed by atoms with Gasteiger partial charge in [0, 0.05) is 5.56 Å². The number of esters is 1. The van der Waals surface area contributed by atoms with Crippen LogP contribution in [-0.2, 0) is 9.53 Å². The van der Waals surface area contributed by atoms with Gasteiger partial charge in [0.05, 0.1) is 19.6 Å². The maximum atomic E-state index is 12.6. The second-order valence-corrected chi connectivity index (χ2v) is 5.80. The van der Waals surface area contributed by atoms with Crippen molar-refractivity contribution < 1.29 is 14.3 Å². The number of methoxy groups -OCH3 is 1. The van der Waals surface area contributed by atoms with Gasteiger partial charge in [-0.1, -0.05) is 26.0 Å². The van der Waals surface area contributed by atoms with Crippen molar-refractivity contribution in [2.45, 2.75) is 40.2 Å². The lowest BCUT2D eigenvalue weighted by molar-refractivity contribution is -0.141. The van der Waals surface area contributed by atoms with Crippen LogP contribution in [0.5, 0.6) is 0 Å². The van der Waals surface area contributed by atoms with Crippen LogP contribution in [0.1, 0.15) is 41.8 Å². The highest BCUT2D eigenvalue weighted by atomic mass is 16.5. The van der Waals surface area contributed by atoms with Gasteiger partial charge in [0.15, 0.2) is 5.78 Å². The third kappa shape index (κ3) is 5.31. The van der Waals surface area contributed by atoms with E-state index in [4.69, 9.17) is 0 Å². The van der Waals surface area contributed by atoms with E-state index in [1.807, 2.05) is 32.0 Å². The van der Waals surface area contributed by atoms with Crippen LogP contribution in [-0.4, -0.2) is 31.4 Å². The summed E-state index contributed by atoms with van der Waals surface area (Å²) in [7, 11) is 1.34. The second-order valence-electron chi connectivity index (χ2n) is 5.80. The van der Waals surface area contributed by atoms with Crippen LogP contribution in [0.3, 0.4) is 0 Å². The third-order valence-corrected chi connectivity index (χ3v) is 3.48. The largest absolute Gasteiger partial charge is 0.469 e. The van der Waals surface area contributed by atoms with Gasteiger partial charge in [0.1, 0.15) is 0 Å². The number of ketones is 1. The van der Waals surface area contributed by atoms with Crippen LogP contribution in [0.15, 0.2) is 18.2 Å². The van der Waals surface area contributed by atoms with Crippen LogP contribution in [0.25, 0.3) is 0 Å². The Balaban J connectivity index is 2.91. The lowest BCUT2D eigenvalue weighted by Gasteiger charge is -2.18. The van der Waals surface area contributed by atoms with Crippen LogP contribution in [0.4, 0.5) is 0 Å². The van der Waals surface area contributed by atoms with Crippen LogP contribution in [0.2, 0.25) is 0 Å². The Morgan fingerprint density at radius 3 is 2.38 bits per heavy atom. The molecule has 0 aliphatic heterocycles. The smallest absolute Gasteiger partial charge is 0.307 e. The number of nitrogens with one attached hydrogen (secondary N) is 1. The van der Waals surface area contributed by atoms with Gasteiger partial charge in [0.2, 0.25) is 0 Å². The summed E-state index contributed by atoms with van der Waals surface area (Å²) in [5, 5.41) is 3.17. The van der Waals surface area contributed by atoms with E-state index in [-0.39, 0.29) is 18.2 Å². The average Bonchev–Trinajstić information content (AvgIpc) is 2.45. The van der Waals surface area contributed by atoms with Crippen molar-refractivity contribution in [1.82, 2.24) is 5.32 Å². The fraction of sp³-hybridized carbons (Fsp3) is 0.529. The van der Waals surface area contributed by atoms with Crippen molar-refractivity contribution in [3.8, 4) is 0 Å². The van der Waals surface area contributed by atoms with Crippen molar-refractivity contribution in [3.63, 3.8) is 0 Å². The monoisotopic (exact) mass is 291 g/mol. The van der Waals surface area contributed by atoms with E-state index >= 15 is 0 Å². The van der Waals surface area contributed by atoms with Gasteiger partial charge in [-0.2, -0.15) is 0 Å². The molecular weight excluding hydrogens is 266 g/mol. The van der Waals surface area contributed by atoms with E-state index in [9.17, 15) is 9.59 Å². The molecule has 0 saturated carbocycles. The molecule has 1 rings (SSSR count). The van der Waals surface area contributed by atoms with Crippen molar-refractivity contribution in [3.05, 3.63) is 34.9 Å². The van der Waals surface area contributed by atoms with Crippen molar-refractivity contribution in [1.29, 1.82) is 0 Å². The fourth-order valence-corrected chi connectivity index (χ4v) is 1.98. The molecule has 0 spiro atoms. The van der Waals surface area contributed by atoms with E-state index in [1.165, 1.54) is 7.11 Å². The summed E-state index contributed by atoms with van der Waals surface area (Å²) in [5.74, 6) is -0.0460. The Hall–Kier alpha value is -1.68. The van der Waals surface area contributed by atoms with E-state index in [1.54, 1.807) is 0 Å². The minimum absolute atomic E-state index is 0.0506. The Morgan fingerprint density at radius 1 is 1.19 bits per heavy atom. The molecule has 0 fully saturated rings. The number of hydrogen-bond donors (Lipinski definition) is 1. The summed E-state index contributed by atoms with van der Waals surface area (Å²) in [6, 6.07) is 5.08. The summed E-state index contributed by atoms with van der Waals surface area (Å²) in [6.07, 6.45) is 0.0506. The first-order valence-corrected chi connectivity index (χ1v) is 7.26. The number of ether oxygens (including phenoxy) is 1. The molecule has 0 radical (unpaired) electrons. The molecule has 0 bridgehead atoms. The van der Waals surface area contributed by atoms with Gasteiger partial charge in [-0.15, -0.1) is 0 Å². The number of carbonyl (C=O) groups excluding carboxylic acids is 2. The van der Waals surface area contributed by atoms with Gasteiger partial charge in [0.25, 0.3) is 0 Å². The van der Waals surface area contributed by atoms with Gasteiger partial charge < -0.3 is 10.1 Å². The van der Waals surface area contributed by atoms with Gasteiger partial charge in [-0.25, -0.2) is 0 Å². The molecule has 0 aliphatic carbocycles. The molecule has 116 valence electrons. The molecule has 1 aromatic carbocycles. The van der Waals surface area contributed by atoms with E-state index < -0.39 is 6.04 Å². The Kier molecular flexibility index (Phi) is 6.56. The number of Topliss-reactive ketones (excluding diaryl/α,β-unsaturated/α-hetero) is 1. The number of aryl methyl sites for hydroxylation is 2. The number of carbonyl (C=O) groups is 2. The Bertz CT molecular complexity index is 509. The topological polar surface area (TPSA) is 55.4 Å². The maximum absolute atomic E-state index is 12.6. The van der Waals surface area contributed by atoms with E-state index in [0.717, 1.165) is 11.1 Å². The summed E-state index contributed by atoms with van der Waals surface area (Å²) >= 11 is 0. The second kappa shape index (κ2) is 7.93. The minimum atomic E-state index is -0.540. The third-order valence-electron chi connectivity index (χ3n) is 3.48. The van der Waals surface area contributed by atoms with E-state index in [2.05, 4.69) is 23.9 Å². The molecule has 4 heteroatoms. The van der Waals surface area contributed by atoms with Gasteiger partial charge >= 0.3 is 5.97 Å². The normalized spacial score (nSPS) is 12.3. The standard InChI is InChI=1S/C17H25NO3/c1-11(2)10-18-15(9-16(19)21-5)17(20)14-7-6-12(3)13(4)8-14/h6-8,11,15,18H,9-10H2,1-5H3. The number of hydrogen-bond acceptors (Lipinski definition) is 4. The lowest BCUT2D eigenvalue weighted by Crippen LogP contribution is -2.40. The molecular formula is C17H25NO3. The van der Waals surface area contributed by atoms with Crippen LogP contribution >= 0.6 is 0 Å². The predicted molar refractivity (Wildman–Crippen MR) is 83.5 cm³/mol. The van der Waals surface area contributed by atoms with Gasteiger partial charge in [-0.05, 0) is 43.5 Å². The zero-order valence-corrected chi connectivity index (χ0v) is 13.5. The van der Waals surface area contributed by atoms with Crippen molar-refractivity contribution in [2.75, 3.05) is 13.7 Å². The number of rotatable bonds is 7. The Labute approximate surface area is 126 Å². The zero-order chi connectivity index (χ0) is 16.0. The Morgan fingerprint density at radius 2 is 1.86 bits per heavy atom. The summed E-state index contributed by atoms with van der Waals surface area (Å²) in [4.78, 5) is 24.1. The quantitative estimate of drug-likeness (QED) is 0.620. The zero-order valence-electron chi connectivity index (χ0n) is 13.5. The van der Waals surface area contributed by atoms with Crippen LogP contribution < -0.4 is 5.32 Å². The molecule has 4 nitrogen and oxygen atoms in total.